The SMILES string of the molecule is CC(=O)N[C@H](C(=O)N[C@@H](CCCNC(N)=O)C(=O)Nc1ccc(COC(=O)N[C@H](C(=O)O)C(C)(C)S)cc1)C(C)C. The van der Waals surface area contributed by atoms with E-state index in [0.717, 1.165) is 0 Å². The van der Waals surface area contributed by atoms with Crippen LogP contribution in [0.3, 0.4) is 0 Å². The monoisotopic (exact) mass is 596 g/mol. The fourth-order valence-electron chi connectivity index (χ4n) is 3.56. The highest BCUT2D eigenvalue weighted by molar-refractivity contribution is 7.81. The van der Waals surface area contributed by atoms with Crippen LogP contribution in [0.2, 0.25) is 0 Å². The van der Waals surface area contributed by atoms with Gasteiger partial charge in [-0.1, -0.05) is 26.0 Å². The van der Waals surface area contributed by atoms with Crippen molar-refractivity contribution in [1.29, 1.82) is 0 Å². The molecular weight excluding hydrogens is 556 g/mol. The number of carbonyl (C=O) groups excluding carboxylic acids is 5. The zero-order chi connectivity index (χ0) is 31.3. The van der Waals surface area contributed by atoms with Gasteiger partial charge >= 0.3 is 18.1 Å². The highest BCUT2D eigenvalue weighted by Crippen LogP contribution is 2.18. The molecule has 0 spiro atoms. The molecule has 8 N–H and O–H groups in total. The first-order valence-electron chi connectivity index (χ1n) is 12.9. The van der Waals surface area contributed by atoms with Crippen molar-refractivity contribution in [1.82, 2.24) is 21.3 Å². The summed E-state index contributed by atoms with van der Waals surface area (Å²) in [5, 5.41) is 21.9. The molecule has 0 fully saturated rings. The average Bonchev–Trinajstić information content (AvgIpc) is 2.85. The predicted molar refractivity (Wildman–Crippen MR) is 154 cm³/mol. The molecule has 0 radical (unpaired) electrons. The Bertz CT molecular complexity index is 1090. The van der Waals surface area contributed by atoms with Crippen molar-refractivity contribution in [2.75, 3.05) is 11.9 Å². The highest BCUT2D eigenvalue weighted by Gasteiger charge is 2.34. The largest absolute Gasteiger partial charge is 0.480 e. The minimum Gasteiger partial charge on any atom is -0.480 e. The number of rotatable bonds is 15. The number of alkyl carbamates (subject to hydrolysis) is 1. The Hall–Kier alpha value is -4.01. The van der Waals surface area contributed by atoms with Gasteiger partial charge in [-0.25, -0.2) is 14.4 Å². The molecule has 1 aromatic carbocycles. The lowest BCUT2D eigenvalue weighted by atomic mass is 10.0. The van der Waals surface area contributed by atoms with Gasteiger partial charge in [0.25, 0.3) is 0 Å². The van der Waals surface area contributed by atoms with Crippen molar-refractivity contribution in [3.63, 3.8) is 0 Å². The number of carboxylic acid groups (broad SMARTS) is 1. The Morgan fingerprint density at radius 2 is 1.61 bits per heavy atom. The summed E-state index contributed by atoms with van der Waals surface area (Å²) in [4.78, 5) is 71.9. The van der Waals surface area contributed by atoms with Crippen molar-refractivity contribution >= 4 is 54.1 Å². The van der Waals surface area contributed by atoms with Gasteiger partial charge in [-0.05, 0) is 50.3 Å². The second-order valence-corrected chi connectivity index (χ2v) is 11.4. The van der Waals surface area contributed by atoms with E-state index in [1.54, 1.807) is 52.0 Å². The van der Waals surface area contributed by atoms with Crippen molar-refractivity contribution in [2.24, 2.45) is 11.7 Å². The number of anilines is 1. The minimum absolute atomic E-state index is 0.162. The summed E-state index contributed by atoms with van der Waals surface area (Å²) in [6, 6.07) is 2.48. The number of hydrogen-bond donors (Lipinski definition) is 8. The summed E-state index contributed by atoms with van der Waals surface area (Å²) in [6.07, 6.45) is -0.427. The Kier molecular flexibility index (Phi) is 13.9. The van der Waals surface area contributed by atoms with E-state index in [2.05, 4.69) is 39.2 Å². The second kappa shape index (κ2) is 16.3. The predicted octanol–water partition coefficient (Wildman–Crippen LogP) is 1.11. The molecule has 1 aromatic rings. The van der Waals surface area contributed by atoms with E-state index in [0.29, 0.717) is 17.7 Å². The van der Waals surface area contributed by atoms with E-state index in [1.165, 1.54) is 6.92 Å². The first-order chi connectivity index (χ1) is 19.0. The van der Waals surface area contributed by atoms with Crippen LogP contribution in [-0.4, -0.2) is 70.3 Å². The van der Waals surface area contributed by atoms with E-state index in [4.69, 9.17) is 10.5 Å². The van der Waals surface area contributed by atoms with Crippen molar-refractivity contribution in [3.05, 3.63) is 29.8 Å². The molecule has 0 saturated heterocycles. The number of aliphatic carboxylic acids is 1. The van der Waals surface area contributed by atoms with Crippen LogP contribution in [0, 0.1) is 5.92 Å². The molecule has 0 aliphatic rings. The molecule has 6 amide bonds. The molecule has 0 aromatic heterocycles. The topological polar surface area (TPSA) is 218 Å². The van der Waals surface area contributed by atoms with Gasteiger partial charge in [0.05, 0.1) is 0 Å². The lowest BCUT2D eigenvalue weighted by molar-refractivity contribution is -0.140. The average molecular weight is 597 g/mol. The maximum atomic E-state index is 13.1. The van der Waals surface area contributed by atoms with Gasteiger partial charge < -0.3 is 42.2 Å². The van der Waals surface area contributed by atoms with E-state index in [-0.39, 0.29) is 31.4 Å². The standard InChI is InChI=1S/C26H40N6O8S/c1-14(2)19(29-15(3)33)22(35)31-18(7-6-12-28-24(27)38)21(34)30-17-10-8-16(9-11-17)13-40-25(39)32-20(23(36)37)26(4,5)41/h8-11,14,18-20,41H,6-7,12-13H2,1-5H3,(H,29,33)(H,30,34)(H,31,35)(H,32,39)(H,36,37)(H3,27,28,38)/t18-,19-,20+/m0/s1. The van der Waals surface area contributed by atoms with Crippen LogP contribution in [0.4, 0.5) is 15.3 Å². The number of carbonyl (C=O) groups is 6. The molecule has 0 aliphatic carbocycles. The van der Waals surface area contributed by atoms with Gasteiger partial charge in [-0.2, -0.15) is 12.6 Å². The van der Waals surface area contributed by atoms with Gasteiger partial charge in [0.15, 0.2) is 0 Å². The fourth-order valence-corrected chi connectivity index (χ4v) is 3.74. The van der Waals surface area contributed by atoms with Crippen LogP contribution in [-0.2, 0) is 30.5 Å². The Morgan fingerprint density at radius 1 is 1.00 bits per heavy atom. The third-order valence-electron chi connectivity index (χ3n) is 5.72. The summed E-state index contributed by atoms with van der Waals surface area (Å²) < 4.78 is 4.07. The lowest BCUT2D eigenvalue weighted by Crippen LogP contribution is -2.54. The maximum Gasteiger partial charge on any atom is 0.408 e. The molecule has 0 bridgehead atoms. The van der Waals surface area contributed by atoms with Crippen LogP contribution in [0.25, 0.3) is 0 Å². The zero-order valence-corrected chi connectivity index (χ0v) is 24.7. The molecule has 3 atom stereocenters. The smallest absolute Gasteiger partial charge is 0.408 e. The second-order valence-electron chi connectivity index (χ2n) is 10.2. The van der Waals surface area contributed by atoms with Gasteiger partial charge in [0.1, 0.15) is 24.7 Å². The number of carboxylic acids is 1. The van der Waals surface area contributed by atoms with Crippen molar-refractivity contribution in [3.8, 4) is 0 Å². The van der Waals surface area contributed by atoms with Gasteiger partial charge in [0.2, 0.25) is 17.7 Å². The van der Waals surface area contributed by atoms with Crippen LogP contribution < -0.4 is 32.3 Å². The summed E-state index contributed by atoms with van der Waals surface area (Å²) in [5.41, 5.74) is 6.03. The molecule has 0 saturated carbocycles. The van der Waals surface area contributed by atoms with Crippen LogP contribution in [0.5, 0.6) is 0 Å². The lowest BCUT2D eigenvalue weighted by Gasteiger charge is -2.26. The minimum atomic E-state index is -1.27. The van der Waals surface area contributed by atoms with Crippen molar-refractivity contribution in [2.45, 2.75) is 76.9 Å². The number of nitrogens with one attached hydrogen (secondary N) is 5. The normalized spacial score (nSPS) is 13.2. The number of benzene rings is 1. The Morgan fingerprint density at radius 3 is 2.10 bits per heavy atom. The van der Waals surface area contributed by atoms with Gasteiger partial charge in [-0.15, -0.1) is 0 Å². The molecule has 0 unspecified atom stereocenters. The van der Waals surface area contributed by atoms with E-state index in [1.807, 2.05) is 0 Å². The molecular formula is C26H40N6O8S. The quantitative estimate of drug-likeness (QED) is 0.108. The number of nitrogens with two attached hydrogens (primary N) is 1. The Balaban J connectivity index is 2.85. The van der Waals surface area contributed by atoms with Crippen LogP contribution in [0.1, 0.15) is 53.0 Å². The maximum absolute atomic E-state index is 13.1. The number of primary amides is 1. The van der Waals surface area contributed by atoms with Crippen molar-refractivity contribution < 1.29 is 38.6 Å². The fraction of sp³-hybridized carbons (Fsp3) is 0.538. The molecule has 1 rings (SSSR count). The highest BCUT2D eigenvalue weighted by atomic mass is 32.1. The van der Waals surface area contributed by atoms with Gasteiger partial charge in [-0.3, -0.25) is 14.4 Å². The molecule has 0 aliphatic heterocycles. The molecule has 228 valence electrons. The molecule has 41 heavy (non-hydrogen) atoms. The van der Waals surface area contributed by atoms with E-state index >= 15 is 0 Å². The molecule has 15 heteroatoms. The first-order valence-corrected chi connectivity index (χ1v) is 13.3. The third kappa shape index (κ3) is 13.3. The summed E-state index contributed by atoms with van der Waals surface area (Å²) in [6.45, 7) is 7.92. The number of hydrogen-bond acceptors (Lipinski definition) is 8. The first kappa shape index (κ1) is 35.0. The van der Waals surface area contributed by atoms with E-state index < -0.39 is 52.8 Å². The van der Waals surface area contributed by atoms with Crippen LogP contribution in [0.15, 0.2) is 24.3 Å². The summed E-state index contributed by atoms with van der Waals surface area (Å²) >= 11 is 4.19. The molecule has 0 heterocycles. The third-order valence-corrected chi connectivity index (χ3v) is 5.97. The number of urea groups is 1. The van der Waals surface area contributed by atoms with E-state index in [9.17, 15) is 33.9 Å². The molecule has 14 nitrogen and oxygen atoms in total. The number of ether oxygens (including phenoxy) is 1. The number of amides is 6. The summed E-state index contributed by atoms with van der Waals surface area (Å²) in [7, 11) is 0. The Labute approximate surface area is 244 Å². The summed E-state index contributed by atoms with van der Waals surface area (Å²) in [5.74, 6) is -2.94. The zero-order valence-electron chi connectivity index (χ0n) is 23.8. The van der Waals surface area contributed by atoms with Gasteiger partial charge in [0, 0.05) is 23.9 Å². The van der Waals surface area contributed by atoms with Crippen LogP contribution >= 0.6 is 12.6 Å². The number of thiol groups is 1.